The maximum atomic E-state index is 4.38. The highest BCUT2D eigenvalue weighted by molar-refractivity contribution is 5.17. The van der Waals surface area contributed by atoms with Crippen LogP contribution in [-0.2, 0) is 13.5 Å². The molecule has 1 atom stereocenters. The van der Waals surface area contributed by atoms with Crippen LogP contribution >= 0.6 is 0 Å². The Morgan fingerprint density at radius 2 is 2.06 bits per heavy atom. The van der Waals surface area contributed by atoms with E-state index in [4.69, 9.17) is 0 Å². The Bertz CT molecular complexity index is 433. The molecular formula is C13H17N3. The quantitative estimate of drug-likeness (QED) is 0.844. The highest BCUT2D eigenvalue weighted by Gasteiger charge is 2.13. The Hall–Kier alpha value is -1.61. The van der Waals surface area contributed by atoms with Gasteiger partial charge in [0.15, 0.2) is 0 Å². The maximum Gasteiger partial charge on any atom is 0.125 e. The zero-order chi connectivity index (χ0) is 11.4. The Kier molecular flexibility index (Phi) is 3.37. The molecule has 0 aliphatic rings. The van der Waals surface area contributed by atoms with Crippen LogP contribution in [0.25, 0.3) is 0 Å². The smallest absolute Gasteiger partial charge is 0.125 e. The SMILES string of the molecule is CNC(Cc1ccccc1)c1nccn1C. The Balaban J connectivity index is 2.16. The van der Waals surface area contributed by atoms with Crippen molar-refractivity contribution in [2.24, 2.45) is 7.05 Å². The molecule has 1 aromatic heterocycles. The van der Waals surface area contributed by atoms with Crippen LogP contribution < -0.4 is 5.32 Å². The minimum Gasteiger partial charge on any atom is -0.337 e. The molecule has 0 spiro atoms. The third kappa shape index (κ3) is 2.31. The Labute approximate surface area is 96.1 Å². The molecular weight excluding hydrogens is 198 g/mol. The molecule has 16 heavy (non-hydrogen) atoms. The number of aromatic nitrogens is 2. The van der Waals surface area contributed by atoms with Gasteiger partial charge >= 0.3 is 0 Å². The summed E-state index contributed by atoms with van der Waals surface area (Å²) in [6, 6.07) is 10.7. The van der Waals surface area contributed by atoms with E-state index in [9.17, 15) is 0 Å². The summed E-state index contributed by atoms with van der Waals surface area (Å²) in [6.07, 6.45) is 4.78. The Morgan fingerprint density at radius 3 is 2.62 bits per heavy atom. The van der Waals surface area contributed by atoms with E-state index in [0.29, 0.717) is 0 Å². The number of benzene rings is 1. The van der Waals surface area contributed by atoms with E-state index in [-0.39, 0.29) is 6.04 Å². The molecule has 0 saturated heterocycles. The summed E-state index contributed by atoms with van der Waals surface area (Å²) in [5.74, 6) is 1.08. The fourth-order valence-corrected chi connectivity index (χ4v) is 1.89. The van der Waals surface area contributed by atoms with Crippen LogP contribution in [0.4, 0.5) is 0 Å². The number of hydrogen-bond acceptors (Lipinski definition) is 2. The van der Waals surface area contributed by atoms with Crippen molar-refractivity contribution in [3.8, 4) is 0 Å². The van der Waals surface area contributed by atoms with Gasteiger partial charge in [0.2, 0.25) is 0 Å². The van der Waals surface area contributed by atoms with Gasteiger partial charge in [-0.25, -0.2) is 4.98 Å². The first-order valence-corrected chi connectivity index (χ1v) is 5.49. The molecule has 2 aromatic rings. The minimum absolute atomic E-state index is 0.266. The highest BCUT2D eigenvalue weighted by Crippen LogP contribution is 2.15. The van der Waals surface area contributed by atoms with Crippen LogP contribution in [0, 0.1) is 0 Å². The van der Waals surface area contributed by atoms with Gasteiger partial charge in [-0.05, 0) is 19.0 Å². The molecule has 0 aliphatic heterocycles. The molecule has 1 N–H and O–H groups in total. The van der Waals surface area contributed by atoms with Crippen molar-refractivity contribution in [3.63, 3.8) is 0 Å². The summed E-state index contributed by atoms with van der Waals surface area (Å²) >= 11 is 0. The largest absolute Gasteiger partial charge is 0.337 e. The molecule has 0 saturated carbocycles. The molecule has 0 fully saturated rings. The van der Waals surface area contributed by atoms with Crippen molar-refractivity contribution in [2.45, 2.75) is 12.5 Å². The first kappa shape index (κ1) is 10.9. The van der Waals surface area contributed by atoms with Crippen molar-refractivity contribution in [1.29, 1.82) is 0 Å². The molecule has 0 bridgehead atoms. The number of rotatable bonds is 4. The Morgan fingerprint density at radius 1 is 1.31 bits per heavy atom. The number of nitrogens with zero attached hydrogens (tertiary/aromatic N) is 2. The topological polar surface area (TPSA) is 29.9 Å². The van der Waals surface area contributed by atoms with Gasteiger partial charge < -0.3 is 9.88 Å². The van der Waals surface area contributed by atoms with Crippen LogP contribution in [-0.4, -0.2) is 16.6 Å². The summed E-state index contributed by atoms with van der Waals surface area (Å²) in [7, 11) is 4.00. The lowest BCUT2D eigenvalue weighted by Gasteiger charge is -2.15. The molecule has 0 radical (unpaired) electrons. The zero-order valence-corrected chi connectivity index (χ0v) is 9.72. The molecule has 3 heteroatoms. The van der Waals surface area contributed by atoms with Crippen molar-refractivity contribution in [1.82, 2.24) is 14.9 Å². The first-order valence-electron chi connectivity index (χ1n) is 5.49. The van der Waals surface area contributed by atoms with Crippen molar-refractivity contribution < 1.29 is 0 Å². The van der Waals surface area contributed by atoms with Crippen molar-refractivity contribution in [3.05, 3.63) is 54.1 Å². The van der Waals surface area contributed by atoms with Gasteiger partial charge in [-0.2, -0.15) is 0 Å². The number of imidazole rings is 1. The lowest BCUT2D eigenvalue weighted by Crippen LogP contribution is -2.22. The molecule has 2 rings (SSSR count). The average molecular weight is 215 g/mol. The number of aryl methyl sites for hydroxylation is 1. The summed E-state index contributed by atoms with van der Waals surface area (Å²) in [4.78, 5) is 4.38. The van der Waals surface area contributed by atoms with Crippen molar-refractivity contribution in [2.75, 3.05) is 7.05 Å². The second-order valence-corrected chi connectivity index (χ2v) is 3.93. The van der Waals surface area contributed by atoms with Crippen LogP contribution in [0.3, 0.4) is 0 Å². The van der Waals surface area contributed by atoms with Crippen LogP contribution in [0.5, 0.6) is 0 Å². The van der Waals surface area contributed by atoms with Gasteiger partial charge in [0.25, 0.3) is 0 Å². The lowest BCUT2D eigenvalue weighted by molar-refractivity contribution is 0.538. The molecule has 0 aliphatic carbocycles. The van der Waals surface area contributed by atoms with E-state index in [0.717, 1.165) is 12.2 Å². The average Bonchev–Trinajstić information content (AvgIpc) is 2.74. The number of likely N-dealkylation sites (N-methyl/N-ethyl adjacent to an activating group) is 1. The van der Waals surface area contributed by atoms with E-state index in [1.807, 2.05) is 32.6 Å². The fraction of sp³-hybridized carbons (Fsp3) is 0.308. The van der Waals surface area contributed by atoms with Gasteiger partial charge in [-0.1, -0.05) is 30.3 Å². The monoisotopic (exact) mass is 215 g/mol. The first-order chi connectivity index (χ1) is 7.81. The zero-order valence-electron chi connectivity index (χ0n) is 9.72. The molecule has 1 unspecified atom stereocenters. The second kappa shape index (κ2) is 4.94. The fourth-order valence-electron chi connectivity index (χ4n) is 1.89. The molecule has 84 valence electrons. The molecule has 1 aromatic carbocycles. The third-order valence-corrected chi connectivity index (χ3v) is 2.80. The van der Waals surface area contributed by atoms with Gasteiger partial charge in [0.05, 0.1) is 6.04 Å². The number of nitrogens with one attached hydrogen (secondary N) is 1. The molecule has 3 nitrogen and oxygen atoms in total. The van der Waals surface area contributed by atoms with Crippen LogP contribution in [0.1, 0.15) is 17.4 Å². The van der Waals surface area contributed by atoms with Crippen molar-refractivity contribution >= 4 is 0 Å². The van der Waals surface area contributed by atoms with Crippen LogP contribution in [0.2, 0.25) is 0 Å². The van der Waals surface area contributed by atoms with Crippen LogP contribution in [0.15, 0.2) is 42.7 Å². The van der Waals surface area contributed by atoms with E-state index in [2.05, 4.69) is 39.1 Å². The third-order valence-electron chi connectivity index (χ3n) is 2.80. The lowest BCUT2D eigenvalue weighted by atomic mass is 10.1. The van der Waals surface area contributed by atoms with Gasteiger partial charge in [-0.3, -0.25) is 0 Å². The predicted octanol–water partition coefficient (Wildman–Crippen LogP) is 1.92. The second-order valence-electron chi connectivity index (χ2n) is 3.93. The summed E-state index contributed by atoms with van der Waals surface area (Å²) in [5.41, 5.74) is 1.32. The predicted molar refractivity (Wildman–Crippen MR) is 65.2 cm³/mol. The standard InChI is InChI=1S/C13H17N3/c1-14-12(13-15-8-9-16(13)2)10-11-6-4-3-5-7-11/h3-9,12,14H,10H2,1-2H3. The normalized spacial score (nSPS) is 12.6. The van der Waals surface area contributed by atoms with E-state index in [1.165, 1.54) is 5.56 Å². The van der Waals surface area contributed by atoms with E-state index < -0.39 is 0 Å². The van der Waals surface area contributed by atoms with Gasteiger partial charge in [0, 0.05) is 19.4 Å². The number of hydrogen-bond donors (Lipinski definition) is 1. The molecule has 0 amide bonds. The summed E-state index contributed by atoms with van der Waals surface area (Å²) in [5, 5.41) is 3.31. The maximum absolute atomic E-state index is 4.38. The molecule has 1 heterocycles. The van der Waals surface area contributed by atoms with E-state index >= 15 is 0 Å². The van der Waals surface area contributed by atoms with E-state index in [1.54, 1.807) is 0 Å². The summed E-state index contributed by atoms with van der Waals surface area (Å²) in [6.45, 7) is 0. The van der Waals surface area contributed by atoms with Gasteiger partial charge in [0.1, 0.15) is 5.82 Å². The van der Waals surface area contributed by atoms with Gasteiger partial charge in [-0.15, -0.1) is 0 Å². The summed E-state index contributed by atoms with van der Waals surface area (Å²) < 4.78 is 2.06. The highest BCUT2D eigenvalue weighted by atomic mass is 15.1. The minimum atomic E-state index is 0.266.